The summed E-state index contributed by atoms with van der Waals surface area (Å²) in [4.78, 5) is 0. The van der Waals surface area contributed by atoms with E-state index in [4.69, 9.17) is 5.73 Å². The molecule has 1 saturated carbocycles. The number of hydrogen-bond acceptors (Lipinski definition) is 1. The Morgan fingerprint density at radius 1 is 1.21 bits per heavy atom. The lowest BCUT2D eigenvalue weighted by Gasteiger charge is -2.19. The summed E-state index contributed by atoms with van der Waals surface area (Å²) < 4.78 is 13.4. The zero-order chi connectivity index (χ0) is 9.97. The van der Waals surface area contributed by atoms with Gasteiger partial charge in [-0.2, -0.15) is 0 Å². The van der Waals surface area contributed by atoms with Crippen LogP contribution in [-0.2, 0) is 0 Å². The maximum Gasteiger partial charge on any atom is 0.127 e. The van der Waals surface area contributed by atoms with Crippen molar-refractivity contribution in [2.45, 2.75) is 31.7 Å². The molecule has 0 amide bonds. The van der Waals surface area contributed by atoms with Gasteiger partial charge in [-0.15, -0.1) is 0 Å². The summed E-state index contributed by atoms with van der Waals surface area (Å²) in [6.45, 7) is 0. The molecule has 0 saturated heterocycles. The molecule has 1 aliphatic rings. The molecule has 1 unspecified atom stereocenters. The van der Waals surface area contributed by atoms with E-state index in [1.54, 1.807) is 12.1 Å². The quantitative estimate of drug-likeness (QED) is 0.767. The molecule has 1 aromatic carbocycles. The van der Waals surface area contributed by atoms with Gasteiger partial charge in [0.25, 0.3) is 0 Å². The van der Waals surface area contributed by atoms with Crippen LogP contribution in [0.5, 0.6) is 0 Å². The molecule has 76 valence electrons. The Bertz CT molecular complexity index is 305. The zero-order valence-corrected chi connectivity index (χ0v) is 8.25. The van der Waals surface area contributed by atoms with Crippen LogP contribution in [0.3, 0.4) is 0 Å². The first kappa shape index (κ1) is 9.66. The van der Waals surface area contributed by atoms with Crippen LogP contribution in [0.15, 0.2) is 24.3 Å². The molecule has 14 heavy (non-hydrogen) atoms. The minimum Gasteiger partial charge on any atom is -0.324 e. The summed E-state index contributed by atoms with van der Waals surface area (Å²) in [6, 6.07) is 6.74. The molecule has 0 bridgehead atoms. The highest BCUT2D eigenvalue weighted by Crippen LogP contribution is 2.34. The SMILES string of the molecule is NC(c1ccccc1F)C1CCCC1. The van der Waals surface area contributed by atoms with Gasteiger partial charge in [-0.1, -0.05) is 31.0 Å². The van der Waals surface area contributed by atoms with E-state index in [2.05, 4.69) is 0 Å². The molecule has 0 heterocycles. The van der Waals surface area contributed by atoms with Gasteiger partial charge in [0.2, 0.25) is 0 Å². The summed E-state index contributed by atoms with van der Waals surface area (Å²) >= 11 is 0. The van der Waals surface area contributed by atoms with Crippen molar-refractivity contribution in [2.75, 3.05) is 0 Å². The molecular weight excluding hydrogens is 177 g/mol. The fraction of sp³-hybridized carbons (Fsp3) is 0.500. The van der Waals surface area contributed by atoms with Crippen LogP contribution >= 0.6 is 0 Å². The summed E-state index contributed by atoms with van der Waals surface area (Å²) in [5, 5.41) is 0. The van der Waals surface area contributed by atoms with Crippen LogP contribution in [0.2, 0.25) is 0 Å². The maximum atomic E-state index is 13.4. The molecule has 1 aromatic rings. The molecule has 0 aromatic heterocycles. The van der Waals surface area contributed by atoms with Gasteiger partial charge in [-0.3, -0.25) is 0 Å². The van der Waals surface area contributed by atoms with Crippen molar-refractivity contribution >= 4 is 0 Å². The van der Waals surface area contributed by atoms with Gasteiger partial charge < -0.3 is 5.73 Å². The van der Waals surface area contributed by atoms with Crippen molar-refractivity contribution < 1.29 is 4.39 Å². The van der Waals surface area contributed by atoms with E-state index < -0.39 is 0 Å². The summed E-state index contributed by atoms with van der Waals surface area (Å²) in [6.07, 6.45) is 4.78. The Morgan fingerprint density at radius 2 is 1.86 bits per heavy atom. The second kappa shape index (κ2) is 4.09. The Balaban J connectivity index is 2.17. The molecule has 2 heteroatoms. The number of benzene rings is 1. The number of nitrogens with two attached hydrogens (primary N) is 1. The lowest BCUT2D eigenvalue weighted by atomic mass is 9.92. The van der Waals surface area contributed by atoms with E-state index in [0.717, 1.165) is 12.8 Å². The average molecular weight is 193 g/mol. The zero-order valence-electron chi connectivity index (χ0n) is 8.25. The monoisotopic (exact) mass is 193 g/mol. The van der Waals surface area contributed by atoms with Crippen LogP contribution in [0.25, 0.3) is 0 Å². The lowest BCUT2D eigenvalue weighted by Crippen LogP contribution is -2.20. The van der Waals surface area contributed by atoms with Crippen molar-refractivity contribution in [1.82, 2.24) is 0 Å². The molecule has 1 aliphatic carbocycles. The highest BCUT2D eigenvalue weighted by atomic mass is 19.1. The minimum absolute atomic E-state index is 0.112. The van der Waals surface area contributed by atoms with Gasteiger partial charge in [-0.05, 0) is 24.8 Å². The van der Waals surface area contributed by atoms with Crippen LogP contribution in [0.1, 0.15) is 37.3 Å². The van der Waals surface area contributed by atoms with Gasteiger partial charge in [0.1, 0.15) is 5.82 Å². The Morgan fingerprint density at radius 3 is 2.50 bits per heavy atom. The Kier molecular flexibility index (Phi) is 2.82. The van der Waals surface area contributed by atoms with E-state index in [-0.39, 0.29) is 11.9 Å². The van der Waals surface area contributed by atoms with E-state index in [1.165, 1.54) is 18.9 Å². The van der Waals surface area contributed by atoms with Crippen molar-refractivity contribution in [1.29, 1.82) is 0 Å². The fourth-order valence-electron chi connectivity index (χ4n) is 2.32. The molecule has 0 aliphatic heterocycles. The van der Waals surface area contributed by atoms with Gasteiger partial charge in [-0.25, -0.2) is 4.39 Å². The van der Waals surface area contributed by atoms with Crippen molar-refractivity contribution in [3.63, 3.8) is 0 Å². The third-order valence-electron chi connectivity index (χ3n) is 3.17. The molecule has 2 N–H and O–H groups in total. The summed E-state index contributed by atoms with van der Waals surface area (Å²) in [5.74, 6) is 0.318. The number of halogens is 1. The third-order valence-corrected chi connectivity index (χ3v) is 3.17. The van der Waals surface area contributed by atoms with Crippen LogP contribution < -0.4 is 5.73 Å². The first-order valence-electron chi connectivity index (χ1n) is 5.29. The predicted octanol–water partition coefficient (Wildman–Crippen LogP) is 3.02. The van der Waals surface area contributed by atoms with Crippen LogP contribution in [0.4, 0.5) is 4.39 Å². The third kappa shape index (κ3) is 1.80. The van der Waals surface area contributed by atoms with Gasteiger partial charge in [0.15, 0.2) is 0 Å². The summed E-state index contributed by atoms with van der Waals surface area (Å²) in [7, 11) is 0. The van der Waals surface area contributed by atoms with E-state index in [9.17, 15) is 4.39 Å². The second-order valence-electron chi connectivity index (χ2n) is 4.09. The standard InChI is InChI=1S/C12H16FN/c13-11-8-4-3-7-10(11)12(14)9-5-1-2-6-9/h3-4,7-9,12H,1-2,5-6,14H2. The first-order chi connectivity index (χ1) is 6.79. The van der Waals surface area contributed by atoms with E-state index in [1.807, 2.05) is 6.07 Å². The second-order valence-corrected chi connectivity index (χ2v) is 4.09. The summed E-state index contributed by atoms with van der Waals surface area (Å²) in [5.41, 5.74) is 6.74. The van der Waals surface area contributed by atoms with Crippen LogP contribution in [0, 0.1) is 11.7 Å². The molecule has 1 atom stereocenters. The predicted molar refractivity (Wildman–Crippen MR) is 55.3 cm³/mol. The van der Waals surface area contributed by atoms with Gasteiger partial charge >= 0.3 is 0 Å². The number of hydrogen-bond donors (Lipinski definition) is 1. The van der Waals surface area contributed by atoms with Crippen molar-refractivity contribution in [3.8, 4) is 0 Å². The molecule has 2 rings (SSSR count). The Hall–Kier alpha value is -0.890. The van der Waals surface area contributed by atoms with Crippen LogP contribution in [-0.4, -0.2) is 0 Å². The Labute approximate surface area is 84.1 Å². The first-order valence-corrected chi connectivity index (χ1v) is 5.29. The fourth-order valence-corrected chi connectivity index (χ4v) is 2.32. The average Bonchev–Trinajstić information content (AvgIpc) is 2.70. The molecule has 0 spiro atoms. The largest absolute Gasteiger partial charge is 0.324 e. The highest BCUT2D eigenvalue weighted by Gasteiger charge is 2.24. The molecular formula is C12H16FN. The lowest BCUT2D eigenvalue weighted by molar-refractivity contribution is 0.429. The van der Waals surface area contributed by atoms with Crippen molar-refractivity contribution in [3.05, 3.63) is 35.6 Å². The van der Waals surface area contributed by atoms with Gasteiger partial charge in [0, 0.05) is 11.6 Å². The normalized spacial score (nSPS) is 19.9. The smallest absolute Gasteiger partial charge is 0.127 e. The molecule has 0 radical (unpaired) electrons. The topological polar surface area (TPSA) is 26.0 Å². The molecule has 1 nitrogen and oxygen atoms in total. The van der Waals surface area contributed by atoms with Crippen molar-refractivity contribution in [2.24, 2.45) is 11.7 Å². The van der Waals surface area contributed by atoms with E-state index in [0.29, 0.717) is 11.5 Å². The number of rotatable bonds is 2. The minimum atomic E-state index is -0.160. The maximum absolute atomic E-state index is 13.4. The van der Waals surface area contributed by atoms with Gasteiger partial charge in [0.05, 0.1) is 0 Å². The molecule has 1 fully saturated rings. The van der Waals surface area contributed by atoms with E-state index >= 15 is 0 Å². The highest BCUT2D eigenvalue weighted by molar-refractivity contribution is 5.21.